The highest BCUT2D eigenvalue weighted by Gasteiger charge is 2.46. The molecule has 3 aliphatic rings. The van der Waals surface area contributed by atoms with E-state index in [0.717, 1.165) is 22.3 Å². The molecule has 7 aromatic carbocycles. The van der Waals surface area contributed by atoms with E-state index in [0.29, 0.717) is 17.5 Å². The van der Waals surface area contributed by atoms with Crippen LogP contribution in [0.4, 0.5) is 0 Å². The summed E-state index contributed by atoms with van der Waals surface area (Å²) in [6, 6.07) is 59.5. The van der Waals surface area contributed by atoms with Gasteiger partial charge in [0.05, 0.1) is 0 Å². The minimum absolute atomic E-state index is 0.0104. The van der Waals surface area contributed by atoms with Crippen LogP contribution in [0.2, 0.25) is 0 Å². The Morgan fingerprint density at radius 3 is 1.46 bits per heavy atom. The second-order valence-electron chi connectivity index (χ2n) is 16.7. The minimum Gasteiger partial charge on any atom is -0.208 e. The van der Waals surface area contributed by atoms with Crippen molar-refractivity contribution in [3.05, 3.63) is 186 Å². The highest BCUT2D eigenvalue weighted by atomic mass is 15.0. The number of rotatable bonds is 5. The van der Waals surface area contributed by atoms with Crippen LogP contribution in [0, 0.1) is 0 Å². The third kappa shape index (κ3) is 5.44. The largest absolute Gasteiger partial charge is 0.208 e. The fourth-order valence-electron chi connectivity index (χ4n) is 10.2. The molecule has 3 nitrogen and oxygen atoms in total. The summed E-state index contributed by atoms with van der Waals surface area (Å²) in [6.07, 6.45) is 6.31. The maximum absolute atomic E-state index is 4.95. The molecule has 0 radical (unpaired) electrons. The van der Waals surface area contributed by atoms with E-state index >= 15 is 0 Å². The van der Waals surface area contributed by atoms with Gasteiger partial charge in [-0.1, -0.05) is 173 Å². The monoisotopic (exact) mass is 733 g/mol. The first-order valence-electron chi connectivity index (χ1n) is 20.5. The lowest BCUT2D eigenvalue weighted by molar-refractivity contribution is 0.353. The van der Waals surface area contributed by atoms with Gasteiger partial charge in [-0.15, -0.1) is 0 Å². The molecule has 1 heterocycles. The molecule has 0 bridgehead atoms. The predicted molar refractivity (Wildman–Crippen MR) is 234 cm³/mol. The highest BCUT2D eigenvalue weighted by Crippen LogP contribution is 2.60. The smallest absolute Gasteiger partial charge is 0.164 e. The molecule has 0 saturated heterocycles. The molecule has 0 aliphatic heterocycles. The van der Waals surface area contributed by atoms with Gasteiger partial charge in [-0.05, 0) is 104 Å². The molecule has 0 unspecified atom stereocenters. The van der Waals surface area contributed by atoms with Crippen LogP contribution >= 0.6 is 0 Å². The molecule has 3 aliphatic carbocycles. The van der Waals surface area contributed by atoms with Gasteiger partial charge < -0.3 is 0 Å². The Morgan fingerprint density at radius 2 is 0.789 bits per heavy atom. The van der Waals surface area contributed by atoms with Crippen molar-refractivity contribution in [1.29, 1.82) is 0 Å². The van der Waals surface area contributed by atoms with Crippen molar-refractivity contribution in [2.24, 2.45) is 0 Å². The lowest BCUT2D eigenvalue weighted by Crippen LogP contribution is -2.28. The lowest BCUT2D eigenvalue weighted by atomic mass is 9.67. The Morgan fingerprint density at radius 1 is 0.333 bits per heavy atom. The average Bonchev–Trinajstić information content (AvgIpc) is 3.66. The van der Waals surface area contributed by atoms with E-state index in [1.807, 2.05) is 60.7 Å². The first-order valence-corrected chi connectivity index (χ1v) is 20.5. The SMILES string of the molecule is CC1(C)c2ccccc2-c2cc3c(cc21)-c1ccc(-c2cccc(-c4ccc(-c5nc(-c6ccccc6)nc(-c6ccccc6)n5)cc4)c2)cc1C31CCCCC1. The summed E-state index contributed by atoms with van der Waals surface area (Å²) in [5, 5.41) is 0. The van der Waals surface area contributed by atoms with Gasteiger partial charge in [0.25, 0.3) is 0 Å². The van der Waals surface area contributed by atoms with Crippen LogP contribution in [0.25, 0.3) is 78.7 Å². The predicted octanol–water partition coefficient (Wildman–Crippen LogP) is 13.7. The lowest BCUT2D eigenvalue weighted by Gasteiger charge is -2.36. The average molecular weight is 734 g/mol. The van der Waals surface area contributed by atoms with Crippen molar-refractivity contribution in [2.45, 2.75) is 56.8 Å². The van der Waals surface area contributed by atoms with Gasteiger partial charge in [0.2, 0.25) is 0 Å². The summed E-state index contributed by atoms with van der Waals surface area (Å²) in [5.74, 6) is 2.00. The molecule has 57 heavy (non-hydrogen) atoms. The summed E-state index contributed by atoms with van der Waals surface area (Å²) < 4.78 is 0. The Hall–Kier alpha value is -6.45. The summed E-state index contributed by atoms with van der Waals surface area (Å²) in [5.41, 5.74) is 19.6. The van der Waals surface area contributed by atoms with Crippen LogP contribution < -0.4 is 0 Å². The zero-order chi connectivity index (χ0) is 38.1. The molecule has 1 saturated carbocycles. The molecule has 0 amide bonds. The molecule has 274 valence electrons. The van der Waals surface area contributed by atoms with Crippen molar-refractivity contribution in [2.75, 3.05) is 0 Å². The maximum Gasteiger partial charge on any atom is 0.164 e. The Balaban J connectivity index is 0.948. The Bertz CT molecular complexity index is 2770. The Labute approximate surface area is 335 Å². The zero-order valence-corrected chi connectivity index (χ0v) is 32.5. The third-order valence-electron chi connectivity index (χ3n) is 13.1. The van der Waals surface area contributed by atoms with Gasteiger partial charge in [-0.2, -0.15) is 0 Å². The molecular formula is C54H43N3. The van der Waals surface area contributed by atoms with Crippen molar-refractivity contribution in [3.63, 3.8) is 0 Å². The van der Waals surface area contributed by atoms with Crippen LogP contribution in [0.15, 0.2) is 164 Å². The summed E-state index contributed by atoms with van der Waals surface area (Å²) >= 11 is 0. The molecule has 1 aromatic heterocycles. The molecule has 0 N–H and O–H groups in total. The van der Waals surface area contributed by atoms with Crippen LogP contribution in [0.5, 0.6) is 0 Å². The van der Waals surface area contributed by atoms with Gasteiger partial charge in [0.15, 0.2) is 17.5 Å². The van der Waals surface area contributed by atoms with Gasteiger partial charge in [0.1, 0.15) is 0 Å². The molecule has 3 heteroatoms. The summed E-state index contributed by atoms with van der Waals surface area (Å²) in [7, 11) is 0. The van der Waals surface area contributed by atoms with Gasteiger partial charge in [0, 0.05) is 27.5 Å². The maximum atomic E-state index is 4.95. The topological polar surface area (TPSA) is 38.7 Å². The van der Waals surface area contributed by atoms with Gasteiger partial charge >= 0.3 is 0 Å². The summed E-state index contributed by atoms with van der Waals surface area (Å²) in [6.45, 7) is 4.80. The van der Waals surface area contributed by atoms with Crippen molar-refractivity contribution in [1.82, 2.24) is 15.0 Å². The van der Waals surface area contributed by atoms with E-state index in [-0.39, 0.29) is 10.8 Å². The number of nitrogens with zero attached hydrogens (tertiary/aromatic N) is 3. The van der Waals surface area contributed by atoms with Crippen LogP contribution in [-0.4, -0.2) is 15.0 Å². The van der Waals surface area contributed by atoms with Crippen LogP contribution in [0.3, 0.4) is 0 Å². The quantitative estimate of drug-likeness (QED) is 0.177. The Kier molecular flexibility index (Phi) is 7.76. The fourth-order valence-corrected chi connectivity index (χ4v) is 10.2. The number of benzene rings is 7. The normalized spacial score (nSPS) is 15.5. The van der Waals surface area contributed by atoms with E-state index < -0.39 is 0 Å². The number of hydrogen-bond acceptors (Lipinski definition) is 3. The van der Waals surface area contributed by atoms with E-state index in [1.165, 1.54) is 87.7 Å². The van der Waals surface area contributed by atoms with E-state index in [9.17, 15) is 0 Å². The molecular weight excluding hydrogens is 691 g/mol. The standard InChI is InChI=1S/C54H43N3/c1-53(2)46-22-11-10-21-42(46)44-34-49-45(33-47(44)53)43-28-27-41(32-48(43)54(49)29-12-5-13-30-54)40-20-14-19-39(31-40)35-23-25-38(26-24-35)52-56-50(36-15-6-3-7-16-36)55-51(57-52)37-17-8-4-9-18-37/h3-4,6-11,14-28,31-34H,5,12-13,29-30H2,1-2H3. The molecule has 1 spiro atoms. The van der Waals surface area contributed by atoms with E-state index in [1.54, 1.807) is 5.56 Å². The second kappa shape index (κ2) is 13.1. The first-order chi connectivity index (χ1) is 28.0. The molecule has 0 atom stereocenters. The number of fused-ring (bicyclic) bond motifs is 8. The third-order valence-corrected chi connectivity index (χ3v) is 13.1. The first kappa shape index (κ1) is 33.9. The molecule has 8 aromatic rings. The van der Waals surface area contributed by atoms with E-state index in [4.69, 9.17) is 15.0 Å². The minimum atomic E-state index is -0.0104. The number of hydrogen-bond donors (Lipinski definition) is 0. The summed E-state index contributed by atoms with van der Waals surface area (Å²) in [4.78, 5) is 14.8. The number of aromatic nitrogens is 3. The van der Waals surface area contributed by atoms with Crippen molar-refractivity contribution in [3.8, 4) is 78.7 Å². The van der Waals surface area contributed by atoms with Crippen LogP contribution in [-0.2, 0) is 10.8 Å². The van der Waals surface area contributed by atoms with Crippen molar-refractivity contribution < 1.29 is 0 Å². The highest BCUT2D eigenvalue weighted by molar-refractivity contribution is 5.91. The van der Waals surface area contributed by atoms with Crippen molar-refractivity contribution >= 4 is 0 Å². The van der Waals surface area contributed by atoms with E-state index in [2.05, 4.69) is 117 Å². The van der Waals surface area contributed by atoms with Gasteiger partial charge in [-0.25, -0.2) is 15.0 Å². The molecule has 11 rings (SSSR count). The van der Waals surface area contributed by atoms with Crippen LogP contribution in [0.1, 0.15) is 68.2 Å². The van der Waals surface area contributed by atoms with Gasteiger partial charge in [-0.3, -0.25) is 0 Å². The second-order valence-corrected chi connectivity index (χ2v) is 16.7. The zero-order valence-electron chi connectivity index (χ0n) is 32.5. The fraction of sp³-hybridized carbons (Fsp3) is 0.167. The molecule has 1 fully saturated rings.